The van der Waals surface area contributed by atoms with E-state index in [1.807, 2.05) is 0 Å². The Morgan fingerprint density at radius 3 is 2.15 bits per heavy atom. The first kappa shape index (κ1) is 16.1. The maximum absolute atomic E-state index is 5.75. The minimum atomic E-state index is -0.247. The molecule has 0 aromatic heterocycles. The highest BCUT2D eigenvalue weighted by molar-refractivity contribution is 4.85. The molecule has 2 fully saturated rings. The van der Waals surface area contributed by atoms with Crippen LogP contribution in [0.15, 0.2) is 0 Å². The van der Waals surface area contributed by atoms with Crippen molar-refractivity contribution in [2.45, 2.75) is 37.5 Å². The van der Waals surface area contributed by atoms with Crippen molar-refractivity contribution in [1.82, 2.24) is 10.2 Å². The van der Waals surface area contributed by atoms with Gasteiger partial charge in [0, 0.05) is 58.2 Å². The standard InChI is InChI=1S/C14H30N4O2/c15-5-8-18(9-6-16)10-7-17-13-1-3-14(4-2-13)19-11-12-20-14/h13,17H,1-12,15-16H2. The molecule has 1 aliphatic carbocycles. The first-order chi connectivity index (χ1) is 9.78. The first-order valence-electron chi connectivity index (χ1n) is 7.92. The van der Waals surface area contributed by atoms with Crippen LogP contribution in [0.1, 0.15) is 25.7 Å². The summed E-state index contributed by atoms with van der Waals surface area (Å²) in [6.45, 7) is 6.77. The van der Waals surface area contributed by atoms with Gasteiger partial charge in [0.1, 0.15) is 0 Å². The second-order valence-electron chi connectivity index (χ2n) is 5.75. The molecule has 6 heteroatoms. The van der Waals surface area contributed by atoms with Crippen molar-refractivity contribution < 1.29 is 9.47 Å². The highest BCUT2D eigenvalue weighted by Gasteiger charge is 2.40. The van der Waals surface area contributed by atoms with Gasteiger partial charge < -0.3 is 26.3 Å². The summed E-state index contributed by atoms with van der Waals surface area (Å²) in [5.74, 6) is -0.247. The summed E-state index contributed by atoms with van der Waals surface area (Å²) in [7, 11) is 0. The lowest BCUT2D eigenvalue weighted by atomic mass is 9.90. The third-order valence-corrected chi connectivity index (χ3v) is 4.31. The molecule has 1 saturated carbocycles. The molecule has 0 aromatic carbocycles. The maximum Gasteiger partial charge on any atom is 0.168 e. The summed E-state index contributed by atoms with van der Waals surface area (Å²) in [5, 5.41) is 3.64. The Kier molecular flexibility index (Phi) is 6.67. The summed E-state index contributed by atoms with van der Waals surface area (Å²) >= 11 is 0. The normalized spacial score (nSPS) is 22.9. The average Bonchev–Trinajstić information content (AvgIpc) is 2.90. The van der Waals surface area contributed by atoms with E-state index in [9.17, 15) is 0 Å². The van der Waals surface area contributed by atoms with Crippen LogP contribution >= 0.6 is 0 Å². The number of hydrogen-bond donors (Lipinski definition) is 3. The van der Waals surface area contributed by atoms with Gasteiger partial charge in [-0.05, 0) is 12.8 Å². The molecule has 20 heavy (non-hydrogen) atoms. The lowest BCUT2D eigenvalue weighted by Crippen LogP contribution is -2.45. The van der Waals surface area contributed by atoms with Gasteiger partial charge in [-0.3, -0.25) is 4.90 Å². The van der Waals surface area contributed by atoms with Crippen molar-refractivity contribution in [2.24, 2.45) is 11.5 Å². The zero-order chi connectivity index (χ0) is 14.3. The monoisotopic (exact) mass is 286 g/mol. The van der Waals surface area contributed by atoms with Crippen LogP contribution in [-0.2, 0) is 9.47 Å². The third kappa shape index (κ3) is 4.65. The molecule has 0 bridgehead atoms. The fraction of sp³-hybridized carbons (Fsp3) is 1.00. The molecule has 1 heterocycles. The van der Waals surface area contributed by atoms with Crippen molar-refractivity contribution in [3.05, 3.63) is 0 Å². The lowest BCUT2D eigenvalue weighted by molar-refractivity contribution is -0.179. The SMILES string of the molecule is NCCN(CCN)CCNC1CCC2(CC1)OCCO2. The molecule has 0 amide bonds. The zero-order valence-corrected chi connectivity index (χ0v) is 12.5. The Labute approximate surface area is 122 Å². The van der Waals surface area contributed by atoms with Gasteiger partial charge >= 0.3 is 0 Å². The molecule has 118 valence electrons. The van der Waals surface area contributed by atoms with Crippen molar-refractivity contribution >= 4 is 0 Å². The van der Waals surface area contributed by atoms with Crippen LogP contribution in [0.3, 0.4) is 0 Å². The van der Waals surface area contributed by atoms with Gasteiger partial charge in [-0.1, -0.05) is 0 Å². The predicted octanol–water partition coefficient (Wildman–Crippen LogP) is -0.519. The number of hydrogen-bond acceptors (Lipinski definition) is 6. The fourth-order valence-electron chi connectivity index (χ4n) is 3.17. The topological polar surface area (TPSA) is 85.8 Å². The van der Waals surface area contributed by atoms with E-state index in [4.69, 9.17) is 20.9 Å². The Bertz CT molecular complexity index is 256. The molecule has 2 rings (SSSR count). The van der Waals surface area contributed by atoms with Gasteiger partial charge in [-0.2, -0.15) is 0 Å². The van der Waals surface area contributed by atoms with Crippen LogP contribution in [0.5, 0.6) is 0 Å². The lowest BCUT2D eigenvalue weighted by Gasteiger charge is -2.36. The van der Waals surface area contributed by atoms with Crippen LogP contribution in [0.25, 0.3) is 0 Å². The molecular formula is C14H30N4O2. The largest absolute Gasteiger partial charge is 0.348 e. The molecule has 0 aromatic rings. The number of nitrogens with two attached hydrogens (primary N) is 2. The van der Waals surface area contributed by atoms with Crippen LogP contribution in [0.2, 0.25) is 0 Å². The van der Waals surface area contributed by atoms with Crippen LogP contribution in [0.4, 0.5) is 0 Å². The maximum atomic E-state index is 5.75. The Morgan fingerprint density at radius 2 is 1.60 bits per heavy atom. The Balaban J connectivity index is 1.60. The molecule has 2 aliphatic rings. The molecule has 5 N–H and O–H groups in total. The second kappa shape index (κ2) is 8.26. The zero-order valence-electron chi connectivity index (χ0n) is 12.5. The minimum Gasteiger partial charge on any atom is -0.348 e. The highest BCUT2D eigenvalue weighted by atomic mass is 16.7. The van der Waals surface area contributed by atoms with Gasteiger partial charge in [0.2, 0.25) is 0 Å². The molecule has 1 aliphatic heterocycles. The van der Waals surface area contributed by atoms with Crippen molar-refractivity contribution in [1.29, 1.82) is 0 Å². The summed E-state index contributed by atoms with van der Waals surface area (Å²) in [6, 6.07) is 0.589. The summed E-state index contributed by atoms with van der Waals surface area (Å²) in [4.78, 5) is 2.32. The van der Waals surface area contributed by atoms with Gasteiger partial charge in [0.25, 0.3) is 0 Å². The van der Waals surface area contributed by atoms with E-state index in [1.54, 1.807) is 0 Å². The summed E-state index contributed by atoms with van der Waals surface area (Å²) < 4.78 is 11.5. The van der Waals surface area contributed by atoms with Crippen molar-refractivity contribution in [2.75, 3.05) is 52.5 Å². The fourth-order valence-corrected chi connectivity index (χ4v) is 3.17. The summed E-state index contributed by atoms with van der Waals surface area (Å²) in [5.41, 5.74) is 11.2. The van der Waals surface area contributed by atoms with E-state index in [0.717, 1.165) is 65.1 Å². The van der Waals surface area contributed by atoms with Crippen LogP contribution < -0.4 is 16.8 Å². The van der Waals surface area contributed by atoms with E-state index in [0.29, 0.717) is 19.1 Å². The van der Waals surface area contributed by atoms with Gasteiger partial charge in [-0.25, -0.2) is 0 Å². The minimum absolute atomic E-state index is 0.247. The molecule has 6 nitrogen and oxygen atoms in total. The number of nitrogens with one attached hydrogen (secondary N) is 1. The van der Waals surface area contributed by atoms with Gasteiger partial charge in [0.05, 0.1) is 13.2 Å². The van der Waals surface area contributed by atoms with Gasteiger partial charge in [-0.15, -0.1) is 0 Å². The second-order valence-corrected chi connectivity index (χ2v) is 5.75. The number of rotatable bonds is 8. The Morgan fingerprint density at radius 1 is 1.00 bits per heavy atom. The smallest absolute Gasteiger partial charge is 0.168 e. The highest BCUT2D eigenvalue weighted by Crippen LogP contribution is 2.35. The third-order valence-electron chi connectivity index (χ3n) is 4.31. The molecule has 0 radical (unpaired) electrons. The van der Waals surface area contributed by atoms with Crippen LogP contribution in [-0.4, -0.2) is 69.2 Å². The predicted molar refractivity (Wildman–Crippen MR) is 79.4 cm³/mol. The van der Waals surface area contributed by atoms with Crippen molar-refractivity contribution in [3.63, 3.8) is 0 Å². The molecular weight excluding hydrogens is 256 g/mol. The first-order valence-corrected chi connectivity index (χ1v) is 7.92. The van der Waals surface area contributed by atoms with E-state index in [2.05, 4.69) is 10.2 Å². The molecule has 1 spiro atoms. The summed E-state index contributed by atoms with van der Waals surface area (Å²) in [6.07, 6.45) is 4.29. The molecule has 1 saturated heterocycles. The molecule has 0 atom stereocenters. The van der Waals surface area contributed by atoms with E-state index in [1.165, 1.54) is 0 Å². The van der Waals surface area contributed by atoms with Crippen molar-refractivity contribution in [3.8, 4) is 0 Å². The van der Waals surface area contributed by atoms with Crippen LogP contribution in [0, 0.1) is 0 Å². The van der Waals surface area contributed by atoms with E-state index in [-0.39, 0.29) is 5.79 Å². The van der Waals surface area contributed by atoms with E-state index >= 15 is 0 Å². The Hall–Kier alpha value is -0.240. The number of ether oxygens (including phenoxy) is 2. The van der Waals surface area contributed by atoms with E-state index < -0.39 is 0 Å². The number of nitrogens with zero attached hydrogens (tertiary/aromatic N) is 1. The average molecular weight is 286 g/mol. The quantitative estimate of drug-likeness (QED) is 0.557. The van der Waals surface area contributed by atoms with Gasteiger partial charge in [0.15, 0.2) is 5.79 Å². The molecule has 0 unspecified atom stereocenters.